The molecule has 4 rings (SSSR count). The van der Waals surface area contributed by atoms with E-state index in [4.69, 9.17) is 5.26 Å². The Balaban J connectivity index is 1.75. The molecule has 0 radical (unpaired) electrons. The zero-order valence-electron chi connectivity index (χ0n) is 15.7. The van der Waals surface area contributed by atoms with E-state index in [1.54, 1.807) is 31.6 Å². The molecule has 0 saturated heterocycles. The molecule has 3 N–H and O–H groups in total. The zero-order chi connectivity index (χ0) is 20.4. The van der Waals surface area contributed by atoms with Gasteiger partial charge in [-0.3, -0.25) is 4.79 Å². The highest BCUT2D eigenvalue weighted by Crippen LogP contribution is 2.31. The third-order valence-corrected chi connectivity index (χ3v) is 4.67. The lowest BCUT2D eigenvalue weighted by Crippen LogP contribution is -2.14. The van der Waals surface area contributed by atoms with Gasteiger partial charge in [-0.2, -0.15) is 5.26 Å². The van der Waals surface area contributed by atoms with Gasteiger partial charge in [0.25, 0.3) is 0 Å². The second-order valence-electron chi connectivity index (χ2n) is 6.74. The van der Waals surface area contributed by atoms with Gasteiger partial charge >= 0.3 is 0 Å². The SMILES string of the molecule is CNc1ncc(C#Cc2ccc(O)c(C#N)c2)c2cc(NC(=O)C3CC3)ncc12. The maximum atomic E-state index is 12.1. The molecule has 1 fully saturated rings. The van der Waals surface area contributed by atoms with Gasteiger partial charge in [0.2, 0.25) is 5.91 Å². The first kappa shape index (κ1) is 18.3. The highest BCUT2D eigenvalue weighted by molar-refractivity contribution is 5.99. The summed E-state index contributed by atoms with van der Waals surface area (Å²) in [5, 5.41) is 26.2. The van der Waals surface area contributed by atoms with E-state index < -0.39 is 0 Å². The van der Waals surface area contributed by atoms with Gasteiger partial charge in [0.15, 0.2) is 0 Å². The third kappa shape index (κ3) is 3.80. The Bertz CT molecular complexity index is 1230. The Kier molecular flexibility index (Phi) is 4.72. The minimum absolute atomic E-state index is 0.0134. The van der Waals surface area contributed by atoms with E-state index in [-0.39, 0.29) is 23.1 Å². The maximum Gasteiger partial charge on any atom is 0.228 e. The van der Waals surface area contributed by atoms with Gasteiger partial charge in [-0.05, 0) is 37.1 Å². The van der Waals surface area contributed by atoms with Crippen LogP contribution in [0.25, 0.3) is 10.8 Å². The molecule has 7 heteroatoms. The fourth-order valence-electron chi connectivity index (χ4n) is 2.92. The number of benzene rings is 1. The molecule has 1 amide bonds. The number of hydrogen-bond donors (Lipinski definition) is 3. The topological polar surface area (TPSA) is 111 Å². The normalized spacial score (nSPS) is 12.6. The van der Waals surface area contributed by atoms with E-state index in [1.165, 1.54) is 12.1 Å². The number of pyridine rings is 2. The van der Waals surface area contributed by atoms with Gasteiger partial charge in [-0.15, -0.1) is 0 Å². The number of carbonyl (C=O) groups excluding carboxylic acids is 1. The van der Waals surface area contributed by atoms with Crippen molar-refractivity contribution in [3.8, 4) is 23.7 Å². The van der Waals surface area contributed by atoms with Crippen LogP contribution >= 0.6 is 0 Å². The number of hydrogen-bond acceptors (Lipinski definition) is 6. The molecule has 3 aromatic rings. The van der Waals surface area contributed by atoms with Crippen LogP contribution in [-0.4, -0.2) is 28.0 Å². The number of nitrogens with zero attached hydrogens (tertiary/aromatic N) is 3. The van der Waals surface area contributed by atoms with Crippen molar-refractivity contribution in [3.05, 3.63) is 53.3 Å². The summed E-state index contributed by atoms with van der Waals surface area (Å²) in [7, 11) is 1.77. The van der Waals surface area contributed by atoms with Crippen LogP contribution in [0.4, 0.5) is 11.6 Å². The summed E-state index contributed by atoms with van der Waals surface area (Å²) in [5.41, 5.74) is 1.43. The van der Waals surface area contributed by atoms with Gasteiger partial charge in [0.05, 0.1) is 11.1 Å². The summed E-state index contributed by atoms with van der Waals surface area (Å²) in [4.78, 5) is 20.8. The Labute approximate surface area is 167 Å². The lowest BCUT2D eigenvalue weighted by atomic mass is 10.1. The van der Waals surface area contributed by atoms with Crippen LogP contribution in [0, 0.1) is 29.1 Å². The molecule has 2 heterocycles. The Hall–Kier alpha value is -4.10. The molecular weight excluding hydrogens is 366 g/mol. The Morgan fingerprint density at radius 3 is 2.69 bits per heavy atom. The van der Waals surface area contributed by atoms with Crippen LogP contribution in [0.2, 0.25) is 0 Å². The first-order valence-corrected chi connectivity index (χ1v) is 9.11. The lowest BCUT2D eigenvalue weighted by Gasteiger charge is -2.09. The van der Waals surface area contributed by atoms with Crippen molar-refractivity contribution < 1.29 is 9.90 Å². The van der Waals surface area contributed by atoms with Gasteiger partial charge in [-0.1, -0.05) is 11.8 Å². The zero-order valence-corrected chi connectivity index (χ0v) is 15.7. The number of rotatable bonds is 3. The number of phenolic OH excluding ortho intramolecular Hbond substituents is 1. The number of phenols is 1. The molecule has 2 aromatic heterocycles. The number of aromatic hydroxyl groups is 1. The van der Waals surface area contributed by atoms with E-state index in [1.807, 2.05) is 6.07 Å². The average Bonchev–Trinajstić information content (AvgIpc) is 3.58. The molecule has 0 aliphatic heterocycles. The number of amides is 1. The molecule has 0 spiro atoms. The first-order chi connectivity index (χ1) is 14.1. The molecule has 0 atom stereocenters. The van der Waals surface area contributed by atoms with Crippen molar-refractivity contribution in [2.45, 2.75) is 12.8 Å². The van der Waals surface area contributed by atoms with Crippen molar-refractivity contribution in [2.24, 2.45) is 5.92 Å². The number of nitriles is 1. The summed E-state index contributed by atoms with van der Waals surface area (Å²) in [6, 6.07) is 8.34. The number of fused-ring (bicyclic) bond motifs is 1. The minimum atomic E-state index is -0.0781. The number of aromatic nitrogens is 2. The fraction of sp³-hybridized carbons (Fsp3) is 0.182. The van der Waals surface area contributed by atoms with Crippen LogP contribution < -0.4 is 10.6 Å². The maximum absolute atomic E-state index is 12.1. The molecule has 1 aliphatic rings. The van der Waals surface area contributed by atoms with E-state index in [0.29, 0.717) is 22.8 Å². The van der Waals surface area contributed by atoms with Crippen molar-refractivity contribution in [1.82, 2.24) is 9.97 Å². The third-order valence-electron chi connectivity index (χ3n) is 4.67. The van der Waals surface area contributed by atoms with Gasteiger partial charge < -0.3 is 15.7 Å². The predicted octanol–water partition coefficient (Wildman–Crippen LogP) is 3.00. The number of carbonyl (C=O) groups is 1. The Morgan fingerprint density at radius 1 is 1.14 bits per heavy atom. The lowest BCUT2D eigenvalue weighted by molar-refractivity contribution is -0.117. The molecular formula is C22H17N5O2. The minimum Gasteiger partial charge on any atom is -0.507 e. The van der Waals surface area contributed by atoms with Gasteiger partial charge in [0, 0.05) is 41.7 Å². The van der Waals surface area contributed by atoms with Gasteiger partial charge in [0.1, 0.15) is 23.5 Å². The van der Waals surface area contributed by atoms with Crippen LogP contribution in [0.3, 0.4) is 0 Å². The molecule has 0 bridgehead atoms. The summed E-state index contributed by atoms with van der Waals surface area (Å²) >= 11 is 0. The highest BCUT2D eigenvalue weighted by Gasteiger charge is 2.29. The molecule has 142 valence electrons. The summed E-state index contributed by atoms with van der Waals surface area (Å²) in [6.07, 6.45) is 5.15. The van der Waals surface area contributed by atoms with Crippen molar-refractivity contribution in [1.29, 1.82) is 5.26 Å². The predicted molar refractivity (Wildman–Crippen MR) is 109 cm³/mol. The van der Waals surface area contributed by atoms with Crippen LogP contribution in [0.15, 0.2) is 36.7 Å². The second-order valence-corrected chi connectivity index (χ2v) is 6.74. The largest absolute Gasteiger partial charge is 0.507 e. The first-order valence-electron chi connectivity index (χ1n) is 9.11. The van der Waals surface area contributed by atoms with E-state index in [2.05, 4.69) is 32.4 Å². The smallest absolute Gasteiger partial charge is 0.228 e. The average molecular weight is 383 g/mol. The summed E-state index contributed by atoms with van der Waals surface area (Å²) in [5.74, 6) is 7.20. The van der Waals surface area contributed by atoms with E-state index in [9.17, 15) is 9.90 Å². The van der Waals surface area contributed by atoms with Crippen LogP contribution in [-0.2, 0) is 4.79 Å². The highest BCUT2D eigenvalue weighted by atomic mass is 16.3. The molecule has 1 aromatic carbocycles. The van der Waals surface area contributed by atoms with E-state index >= 15 is 0 Å². The molecule has 29 heavy (non-hydrogen) atoms. The van der Waals surface area contributed by atoms with Crippen molar-refractivity contribution >= 4 is 28.3 Å². The monoisotopic (exact) mass is 383 g/mol. The van der Waals surface area contributed by atoms with E-state index in [0.717, 1.165) is 23.6 Å². The van der Waals surface area contributed by atoms with Gasteiger partial charge in [-0.25, -0.2) is 9.97 Å². The quantitative estimate of drug-likeness (QED) is 0.600. The van der Waals surface area contributed by atoms with Crippen LogP contribution in [0.1, 0.15) is 29.5 Å². The Morgan fingerprint density at radius 2 is 1.97 bits per heavy atom. The summed E-state index contributed by atoms with van der Waals surface area (Å²) < 4.78 is 0. The van der Waals surface area contributed by atoms with Crippen molar-refractivity contribution in [3.63, 3.8) is 0 Å². The fourth-order valence-corrected chi connectivity index (χ4v) is 2.92. The molecule has 1 saturated carbocycles. The van der Waals surface area contributed by atoms with Crippen molar-refractivity contribution in [2.75, 3.05) is 17.7 Å². The molecule has 7 nitrogen and oxygen atoms in total. The molecule has 0 unspecified atom stereocenters. The molecule has 1 aliphatic carbocycles. The number of nitrogens with one attached hydrogen (secondary N) is 2. The van der Waals surface area contributed by atoms with Crippen LogP contribution in [0.5, 0.6) is 5.75 Å². The second kappa shape index (κ2) is 7.49. The standard InChI is InChI=1S/C22H17N5O2/c1-24-21-18-12-25-20(27-22(29)14-5-6-14)9-17(18)15(11-26-21)4-2-13-3-7-19(28)16(8-13)10-23/h3,7-9,11-12,14,28H,5-6H2,1H3,(H,24,26)(H,25,27,29). The number of anilines is 2. The summed E-state index contributed by atoms with van der Waals surface area (Å²) in [6.45, 7) is 0.